The van der Waals surface area contributed by atoms with E-state index in [0.717, 1.165) is 12.1 Å². The van der Waals surface area contributed by atoms with E-state index in [9.17, 15) is 9.59 Å². The average Bonchev–Trinajstić information content (AvgIpc) is 2.91. The lowest BCUT2D eigenvalue weighted by Gasteiger charge is -2.35. The number of nitrogens with zero attached hydrogens (tertiary/aromatic N) is 4. The lowest BCUT2D eigenvalue weighted by Crippen LogP contribution is -2.56. The Balaban J connectivity index is 2.00. The summed E-state index contributed by atoms with van der Waals surface area (Å²) in [6, 6.07) is -0.534. The van der Waals surface area contributed by atoms with E-state index >= 15 is 0 Å². The number of aryl methyl sites for hydroxylation is 1. The number of anilines is 1. The zero-order valence-electron chi connectivity index (χ0n) is 12.8. The minimum atomic E-state index is -0.534. The number of carbonyl (C=O) groups excluding carboxylic acids is 2. The first-order chi connectivity index (χ1) is 9.93. The van der Waals surface area contributed by atoms with Crippen LogP contribution in [-0.4, -0.2) is 52.2 Å². The van der Waals surface area contributed by atoms with Gasteiger partial charge in [0.25, 0.3) is 0 Å². The maximum absolute atomic E-state index is 12.3. The molecule has 2 atom stereocenters. The smallest absolute Gasteiger partial charge is 0.246 e. The molecule has 0 aromatic carbocycles. The van der Waals surface area contributed by atoms with Gasteiger partial charge in [-0.25, -0.2) is 0 Å². The third kappa shape index (κ3) is 3.24. The minimum Gasteiger partial charge on any atom is -0.330 e. The molecule has 0 radical (unpaired) electrons. The summed E-state index contributed by atoms with van der Waals surface area (Å²) in [6.45, 7) is 5.02. The third-order valence-corrected chi connectivity index (χ3v) is 4.08. The van der Waals surface area contributed by atoms with E-state index in [4.69, 9.17) is 5.73 Å². The van der Waals surface area contributed by atoms with Crippen LogP contribution < -0.4 is 10.6 Å². The van der Waals surface area contributed by atoms with Gasteiger partial charge in [-0.3, -0.25) is 14.3 Å². The van der Waals surface area contributed by atoms with Crippen molar-refractivity contribution in [3.05, 3.63) is 12.4 Å². The van der Waals surface area contributed by atoms with E-state index in [1.54, 1.807) is 33.9 Å². The maximum atomic E-state index is 12.3. The Hall–Kier alpha value is -1.89. The van der Waals surface area contributed by atoms with Crippen LogP contribution >= 0.6 is 0 Å². The Morgan fingerprint density at radius 2 is 2.19 bits per heavy atom. The van der Waals surface area contributed by atoms with Gasteiger partial charge in [-0.15, -0.1) is 0 Å². The molecule has 2 N–H and O–H groups in total. The Morgan fingerprint density at radius 3 is 2.71 bits per heavy atom. The van der Waals surface area contributed by atoms with Gasteiger partial charge in [-0.05, 0) is 5.92 Å². The van der Waals surface area contributed by atoms with Crippen molar-refractivity contribution in [3.63, 3.8) is 0 Å². The first kappa shape index (κ1) is 15.5. The Kier molecular flexibility index (Phi) is 4.62. The average molecular weight is 293 g/mol. The molecule has 0 saturated carbocycles. The molecule has 1 aliphatic rings. The van der Waals surface area contributed by atoms with Crippen LogP contribution in [-0.2, 0) is 16.6 Å². The molecule has 7 heteroatoms. The Bertz CT molecular complexity index is 527. The third-order valence-electron chi connectivity index (χ3n) is 4.08. The summed E-state index contributed by atoms with van der Waals surface area (Å²) in [7, 11) is 1.80. The van der Waals surface area contributed by atoms with Gasteiger partial charge in [-0.2, -0.15) is 5.10 Å². The van der Waals surface area contributed by atoms with Crippen LogP contribution in [0.25, 0.3) is 0 Å². The van der Waals surface area contributed by atoms with Crippen molar-refractivity contribution >= 4 is 17.5 Å². The van der Waals surface area contributed by atoms with Gasteiger partial charge in [0.1, 0.15) is 6.54 Å². The minimum absolute atomic E-state index is 0.0812. The maximum Gasteiger partial charge on any atom is 0.246 e. The topological polar surface area (TPSA) is 84.5 Å². The molecule has 0 aliphatic carbocycles. The molecule has 2 heterocycles. The van der Waals surface area contributed by atoms with E-state index < -0.39 is 6.04 Å². The van der Waals surface area contributed by atoms with Crippen molar-refractivity contribution in [2.75, 3.05) is 24.5 Å². The van der Waals surface area contributed by atoms with Gasteiger partial charge < -0.3 is 15.5 Å². The lowest BCUT2D eigenvalue weighted by atomic mass is 9.98. The first-order valence-electron chi connectivity index (χ1n) is 7.27. The predicted molar refractivity (Wildman–Crippen MR) is 79.6 cm³/mol. The van der Waals surface area contributed by atoms with Crippen molar-refractivity contribution in [3.8, 4) is 0 Å². The second kappa shape index (κ2) is 6.26. The number of aromatic nitrogens is 2. The summed E-state index contributed by atoms with van der Waals surface area (Å²) >= 11 is 0. The molecule has 2 amide bonds. The Labute approximate surface area is 124 Å². The van der Waals surface area contributed by atoms with Crippen LogP contribution in [0.5, 0.6) is 0 Å². The van der Waals surface area contributed by atoms with Crippen molar-refractivity contribution in [2.24, 2.45) is 18.7 Å². The highest BCUT2D eigenvalue weighted by molar-refractivity contribution is 5.98. The molecule has 1 saturated heterocycles. The number of hydrogen-bond donors (Lipinski definition) is 1. The van der Waals surface area contributed by atoms with Gasteiger partial charge in [0.2, 0.25) is 11.8 Å². The number of nitrogens with two attached hydrogens (primary N) is 1. The summed E-state index contributed by atoms with van der Waals surface area (Å²) in [5.74, 6) is -0.119. The van der Waals surface area contributed by atoms with Gasteiger partial charge in [-0.1, -0.05) is 20.3 Å². The van der Waals surface area contributed by atoms with Crippen LogP contribution in [0.1, 0.15) is 20.3 Å². The highest BCUT2D eigenvalue weighted by atomic mass is 16.2. The molecule has 21 heavy (non-hydrogen) atoms. The molecule has 2 unspecified atom stereocenters. The van der Waals surface area contributed by atoms with Gasteiger partial charge in [0.05, 0.1) is 17.9 Å². The van der Waals surface area contributed by atoms with Crippen LogP contribution in [0.4, 0.5) is 5.69 Å². The van der Waals surface area contributed by atoms with Crippen LogP contribution in [0, 0.1) is 5.92 Å². The molecule has 7 nitrogen and oxygen atoms in total. The second-order valence-electron chi connectivity index (χ2n) is 5.59. The zero-order chi connectivity index (χ0) is 15.6. The summed E-state index contributed by atoms with van der Waals surface area (Å²) in [5, 5.41) is 4.07. The summed E-state index contributed by atoms with van der Waals surface area (Å²) in [6.07, 6.45) is 4.29. The number of hydrogen-bond acceptors (Lipinski definition) is 4. The monoisotopic (exact) mass is 293 g/mol. The molecule has 0 bridgehead atoms. The molecule has 0 spiro atoms. The summed E-state index contributed by atoms with van der Waals surface area (Å²) < 4.78 is 1.65. The summed E-state index contributed by atoms with van der Waals surface area (Å²) in [4.78, 5) is 27.8. The Morgan fingerprint density at radius 1 is 1.48 bits per heavy atom. The number of amides is 2. The van der Waals surface area contributed by atoms with E-state index in [2.05, 4.69) is 5.10 Å². The van der Waals surface area contributed by atoms with E-state index in [0.29, 0.717) is 13.1 Å². The molecular weight excluding hydrogens is 270 g/mol. The normalized spacial score (nSPS) is 18.8. The van der Waals surface area contributed by atoms with Crippen LogP contribution in [0.2, 0.25) is 0 Å². The van der Waals surface area contributed by atoms with Crippen molar-refractivity contribution < 1.29 is 9.59 Å². The zero-order valence-corrected chi connectivity index (χ0v) is 12.8. The van der Waals surface area contributed by atoms with Crippen molar-refractivity contribution in [1.29, 1.82) is 0 Å². The summed E-state index contributed by atoms with van der Waals surface area (Å²) in [5.41, 5.74) is 6.73. The fourth-order valence-electron chi connectivity index (χ4n) is 2.39. The van der Waals surface area contributed by atoms with Crippen LogP contribution in [0.3, 0.4) is 0 Å². The second-order valence-corrected chi connectivity index (χ2v) is 5.59. The van der Waals surface area contributed by atoms with Gasteiger partial charge in [0.15, 0.2) is 0 Å². The molecule has 1 aliphatic heterocycles. The SMILES string of the molecule is CCC(C)C(N)C(=O)N1CCN(c2cnn(C)c2)C(=O)C1. The predicted octanol–water partition coefficient (Wildman–Crippen LogP) is -0.0313. The fourth-order valence-corrected chi connectivity index (χ4v) is 2.39. The van der Waals surface area contributed by atoms with E-state index in [-0.39, 0.29) is 24.3 Å². The van der Waals surface area contributed by atoms with Crippen LogP contribution in [0.15, 0.2) is 12.4 Å². The molecular formula is C14H23N5O2. The number of rotatable bonds is 4. The van der Waals surface area contributed by atoms with Crippen molar-refractivity contribution in [2.45, 2.75) is 26.3 Å². The molecule has 1 aromatic rings. The number of piperazine rings is 1. The van der Waals surface area contributed by atoms with E-state index in [1.165, 1.54) is 0 Å². The molecule has 116 valence electrons. The molecule has 1 fully saturated rings. The quantitative estimate of drug-likeness (QED) is 0.845. The molecule has 2 rings (SSSR count). The highest BCUT2D eigenvalue weighted by Crippen LogP contribution is 2.17. The van der Waals surface area contributed by atoms with E-state index in [1.807, 2.05) is 13.8 Å². The fraction of sp³-hybridized carbons (Fsp3) is 0.643. The molecule has 1 aromatic heterocycles. The lowest BCUT2D eigenvalue weighted by molar-refractivity contribution is -0.138. The van der Waals surface area contributed by atoms with Gasteiger partial charge in [0, 0.05) is 26.3 Å². The standard InChI is InChI=1S/C14H23N5O2/c1-4-10(2)13(15)14(21)18-5-6-19(12(20)9-18)11-7-16-17(3)8-11/h7-8,10,13H,4-6,9,15H2,1-3H3. The highest BCUT2D eigenvalue weighted by Gasteiger charge is 2.32. The first-order valence-corrected chi connectivity index (χ1v) is 7.27. The van der Waals surface area contributed by atoms with Crippen molar-refractivity contribution in [1.82, 2.24) is 14.7 Å². The number of carbonyl (C=O) groups is 2. The largest absolute Gasteiger partial charge is 0.330 e. The van der Waals surface area contributed by atoms with Gasteiger partial charge >= 0.3 is 0 Å².